The lowest BCUT2D eigenvalue weighted by Gasteiger charge is -2.33. The summed E-state index contributed by atoms with van der Waals surface area (Å²) >= 11 is 0. The summed E-state index contributed by atoms with van der Waals surface area (Å²) in [6, 6.07) is 5.93. The van der Waals surface area contributed by atoms with Crippen molar-refractivity contribution in [2.24, 2.45) is 5.92 Å². The van der Waals surface area contributed by atoms with Crippen molar-refractivity contribution in [2.45, 2.75) is 32.2 Å². The van der Waals surface area contributed by atoms with E-state index in [1.54, 1.807) is 7.11 Å². The van der Waals surface area contributed by atoms with Crippen LogP contribution in [0.3, 0.4) is 0 Å². The fraction of sp³-hybridized carbons (Fsp3) is 0.588. The van der Waals surface area contributed by atoms with E-state index in [0.717, 1.165) is 55.3 Å². The zero-order valence-corrected chi connectivity index (χ0v) is 13.3. The Hall–Kier alpha value is -1.91. The standard InChI is InChI=1S/C17H24N2O3/c1-12-6-8-19(9-7-12)17(20)18-14-10-13-4-3-5-15(21-2)16(13)22-11-14/h3-5,12,14H,6-11H2,1-2H3,(H,18,20). The molecule has 22 heavy (non-hydrogen) atoms. The van der Waals surface area contributed by atoms with E-state index in [0.29, 0.717) is 6.61 Å². The van der Waals surface area contributed by atoms with Crippen LogP contribution in [0, 0.1) is 5.92 Å². The Morgan fingerprint density at radius 3 is 2.86 bits per heavy atom. The zero-order valence-electron chi connectivity index (χ0n) is 13.3. The van der Waals surface area contributed by atoms with Crippen molar-refractivity contribution >= 4 is 6.03 Å². The number of amides is 2. The van der Waals surface area contributed by atoms with Crippen molar-refractivity contribution in [1.82, 2.24) is 10.2 Å². The smallest absolute Gasteiger partial charge is 0.317 e. The predicted octanol–water partition coefficient (Wildman–Crippen LogP) is 2.44. The van der Waals surface area contributed by atoms with Crippen molar-refractivity contribution in [3.8, 4) is 11.5 Å². The number of carbonyl (C=O) groups excluding carboxylic acids is 1. The predicted molar refractivity (Wildman–Crippen MR) is 84.5 cm³/mol. The maximum Gasteiger partial charge on any atom is 0.317 e. The molecular formula is C17H24N2O3. The van der Waals surface area contributed by atoms with Crippen LogP contribution >= 0.6 is 0 Å². The third-order valence-electron chi connectivity index (χ3n) is 4.57. The molecule has 2 aliphatic heterocycles. The number of nitrogens with zero attached hydrogens (tertiary/aromatic N) is 1. The van der Waals surface area contributed by atoms with Crippen LogP contribution in [0.4, 0.5) is 4.79 Å². The summed E-state index contributed by atoms with van der Waals surface area (Å²) in [6.07, 6.45) is 2.96. The third-order valence-corrected chi connectivity index (χ3v) is 4.57. The van der Waals surface area contributed by atoms with Crippen LogP contribution in [-0.4, -0.2) is 43.8 Å². The molecule has 2 heterocycles. The number of benzene rings is 1. The van der Waals surface area contributed by atoms with E-state index >= 15 is 0 Å². The molecule has 0 aromatic heterocycles. The third kappa shape index (κ3) is 3.13. The Labute approximate surface area is 131 Å². The lowest BCUT2D eigenvalue weighted by molar-refractivity contribution is 0.161. The van der Waals surface area contributed by atoms with E-state index in [1.165, 1.54) is 0 Å². The number of rotatable bonds is 2. The van der Waals surface area contributed by atoms with Crippen molar-refractivity contribution in [3.63, 3.8) is 0 Å². The van der Waals surface area contributed by atoms with E-state index in [1.807, 2.05) is 23.1 Å². The van der Waals surface area contributed by atoms with Gasteiger partial charge in [-0.05, 0) is 31.2 Å². The van der Waals surface area contributed by atoms with Gasteiger partial charge in [-0.3, -0.25) is 0 Å². The number of carbonyl (C=O) groups is 1. The number of nitrogens with one attached hydrogen (secondary N) is 1. The Morgan fingerprint density at radius 1 is 1.36 bits per heavy atom. The molecule has 0 saturated carbocycles. The first-order chi connectivity index (χ1) is 10.7. The zero-order chi connectivity index (χ0) is 15.5. The Bertz CT molecular complexity index is 539. The number of para-hydroxylation sites is 1. The van der Waals surface area contributed by atoms with Gasteiger partial charge in [0.15, 0.2) is 11.5 Å². The van der Waals surface area contributed by atoms with Gasteiger partial charge in [0.05, 0.1) is 13.2 Å². The minimum Gasteiger partial charge on any atom is -0.493 e. The second-order valence-electron chi connectivity index (χ2n) is 6.28. The number of hydrogen-bond donors (Lipinski definition) is 1. The molecule has 1 unspecified atom stereocenters. The Balaban J connectivity index is 1.59. The van der Waals surface area contributed by atoms with Gasteiger partial charge in [0.1, 0.15) is 6.61 Å². The minimum absolute atomic E-state index is 0.0199. The summed E-state index contributed by atoms with van der Waals surface area (Å²) in [5.41, 5.74) is 1.09. The van der Waals surface area contributed by atoms with Crippen LogP contribution in [0.25, 0.3) is 0 Å². The molecule has 0 spiro atoms. The largest absolute Gasteiger partial charge is 0.493 e. The van der Waals surface area contributed by atoms with Gasteiger partial charge < -0.3 is 19.7 Å². The van der Waals surface area contributed by atoms with Crippen molar-refractivity contribution in [1.29, 1.82) is 0 Å². The van der Waals surface area contributed by atoms with E-state index in [2.05, 4.69) is 12.2 Å². The van der Waals surface area contributed by atoms with Crippen LogP contribution in [0.1, 0.15) is 25.3 Å². The first-order valence-electron chi connectivity index (χ1n) is 8.01. The summed E-state index contributed by atoms with van der Waals surface area (Å²) in [6.45, 7) is 4.44. The second-order valence-corrected chi connectivity index (χ2v) is 6.28. The summed E-state index contributed by atoms with van der Waals surface area (Å²) in [4.78, 5) is 14.3. The quantitative estimate of drug-likeness (QED) is 0.913. The molecule has 5 heteroatoms. The van der Waals surface area contributed by atoms with Gasteiger partial charge in [-0.25, -0.2) is 4.79 Å². The van der Waals surface area contributed by atoms with E-state index in [9.17, 15) is 4.79 Å². The highest BCUT2D eigenvalue weighted by Gasteiger charge is 2.26. The van der Waals surface area contributed by atoms with Crippen LogP contribution < -0.4 is 14.8 Å². The average molecular weight is 304 g/mol. The molecule has 1 saturated heterocycles. The van der Waals surface area contributed by atoms with E-state index < -0.39 is 0 Å². The second kappa shape index (κ2) is 6.46. The van der Waals surface area contributed by atoms with Crippen LogP contribution in [0.2, 0.25) is 0 Å². The van der Waals surface area contributed by atoms with Gasteiger partial charge in [0.2, 0.25) is 0 Å². The number of ether oxygens (including phenoxy) is 2. The fourth-order valence-electron chi connectivity index (χ4n) is 3.13. The molecule has 1 aromatic carbocycles. The van der Waals surface area contributed by atoms with Gasteiger partial charge in [-0.15, -0.1) is 0 Å². The van der Waals surface area contributed by atoms with Crippen molar-refractivity contribution in [3.05, 3.63) is 23.8 Å². The molecule has 1 aromatic rings. The molecule has 0 bridgehead atoms. The van der Waals surface area contributed by atoms with Crippen LogP contribution in [0.15, 0.2) is 18.2 Å². The first-order valence-corrected chi connectivity index (χ1v) is 8.01. The molecule has 1 fully saturated rings. The topological polar surface area (TPSA) is 50.8 Å². The molecule has 3 rings (SSSR count). The molecule has 1 atom stereocenters. The molecule has 0 radical (unpaired) electrons. The van der Waals surface area contributed by atoms with Gasteiger partial charge in [0, 0.05) is 18.7 Å². The monoisotopic (exact) mass is 304 g/mol. The SMILES string of the molecule is COc1cccc2c1OCC(NC(=O)N1CCC(C)CC1)C2. The fourth-order valence-corrected chi connectivity index (χ4v) is 3.13. The molecule has 1 N–H and O–H groups in total. The van der Waals surface area contributed by atoms with Crippen LogP contribution in [-0.2, 0) is 6.42 Å². The maximum atomic E-state index is 12.3. The van der Waals surface area contributed by atoms with Gasteiger partial charge in [-0.2, -0.15) is 0 Å². The Morgan fingerprint density at radius 2 is 2.14 bits per heavy atom. The minimum atomic E-state index is 0.0199. The maximum absolute atomic E-state index is 12.3. The number of urea groups is 1. The highest BCUT2D eigenvalue weighted by molar-refractivity contribution is 5.74. The number of fused-ring (bicyclic) bond motifs is 1. The average Bonchev–Trinajstić information content (AvgIpc) is 2.54. The van der Waals surface area contributed by atoms with E-state index in [-0.39, 0.29) is 12.1 Å². The summed E-state index contributed by atoms with van der Waals surface area (Å²) in [7, 11) is 1.64. The molecule has 0 aliphatic carbocycles. The number of likely N-dealkylation sites (tertiary alicyclic amines) is 1. The normalized spacial score (nSPS) is 21.7. The van der Waals surface area contributed by atoms with Gasteiger partial charge in [-0.1, -0.05) is 19.1 Å². The van der Waals surface area contributed by atoms with E-state index in [4.69, 9.17) is 9.47 Å². The number of piperidine rings is 1. The number of methoxy groups -OCH3 is 1. The first kappa shape index (κ1) is 15.0. The van der Waals surface area contributed by atoms with Crippen molar-refractivity contribution in [2.75, 3.05) is 26.8 Å². The summed E-state index contributed by atoms with van der Waals surface area (Å²) < 4.78 is 11.1. The molecule has 2 aliphatic rings. The van der Waals surface area contributed by atoms with Crippen molar-refractivity contribution < 1.29 is 14.3 Å². The summed E-state index contributed by atoms with van der Waals surface area (Å²) in [5.74, 6) is 2.29. The lowest BCUT2D eigenvalue weighted by atomic mass is 9.99. The highest BCUT2D eigenvalue weighted by atomic mass is 16.5. The molecular weight excluding hydrogens is 280 g/mol. The van der Waals surface area contributed by atoms with Gasteiger partial charge in [0.25, 0.3) is 0 Å². The van der Waals surface area contributed by atoms with Gasteiger partial charge >= 0.3 is 6.03 Å². The van der Waals surface area contributed by atoms with Crippen LogP contribution in [0.5, 0.6) is 11.5 Å². The lowest BCUT2D eigenvalue weighted by Crippen LogP contribution is -2.50. The highest BCUT2D eigenvalue weighted by Crippen LogP contribution is 2.34. The summed E-state index contributed by atoms with van der Waals surface area (Å²) in [5, 5.41) is 3.10. The Kier molecular flexibility index (Phi) is 4.41. The molecule has 120 valence electrons. The molecule has 2 amide bonds. The number of hydrogen-bond acceptors (Lipinski definition) is 3. The molecule has 5 nitrogen and oxygen atoms in total.